The van der Waals surface area contributed by atoms with Gasteiger partial charge in [-0.3, -0.25) is 4.79 Å². The van der Waals surface area contributed by atoms with E-state index in [9.17, 15) is 4.79 Å². The van der Waals surface area contributed by atoms with Gasteiger partial charge in [0.15, 0.2) is 0 Å². The number of hydrogen-bond acceptors (Lipinski definition) is 3. The second kappa shape index (κ2) is 6.59. The highest BCUT2D eigenvalue weighted by Gasteiger charge is 2.11. The highest BCUT2D eigenvalue weighted by Crippen LogP contribution is 2.18. The summed E-state index contributed by atoms with van der Waals surface area (Å²) >= 11 is 5.51. The van der Waals surface area contributed by atoms with E-state index in [0.29, 0.717) is 12.3 Å². The third-order valence-electron chi connectivity index (χ3n) is 3.03. The van der Waals surface area contributed by atoms with Crippen LogP contribution >= 0.6 is 11.6 Å². The summed E-state index contributed by atoms with van der Waals surface area (Å²) in [4.78, 5) is 18.0. The highest BCUT2D eigenvalue weighted by atomic mass is 35.5. The number of pyridine rings is 1. The quantitative estimate of drug-likeness (QED) is 0.853. The van der Waals surface area contributed by atoms with Crippen LogP contribution in [0.15, 0.2) is 18.3 Å². The second-order valence-electron chi connectivity index (χ2n) is 4.44. The van der Waals surface area contributed by atoms with Gasteiger partial charge in [0.2, 0.25) is 5.91 Å². The molecule has 1 aromatic rings. The Morgan fingerprint density at radius 3 is 2.72 bits per heavy atom. The average Bonchev–Trinajstić information content (AvgIpc) is 2.41. The van der Waals surface area contributed by atoms with E-state index in [4.69, 9.17) is 11.6 Å². The molecule has 0 unspecified atom stereocenters. The van der Waals surface area contributed by atoms with Crippen molar-refractivity contribution in [1.29, 1.82) is 0 Å². The van der Waals surface area contributed by atoms with Crippen LogP contribution in [0.4, 0.5) is 11.5 Å². The van der Waals surface area contributed by atoms with Crippen LogP contribution in [0.2, 0.25) is 0 Å². The Bertz CT molecular complexity index is 388. The highest BCUT2D eigenvalue weighted by molar-refractivity contribution is 6.19. The summed E-state index contributed by atoms with van der Waals surface area (Å²) in [6.45, 7) is 2.15. The molecule has 1 aliphatic rings. The van der Waals surface area contributed by atoms with Crippen LogP contribution in [0.1, 0.15) is 25.7 Å². The third kappa shape index (κ3) is 3.60. The number of nitrogens with one attached hydrogen (secondary N) is 1. The molecule has 0 aromatic carbocycles. The normalized spacial score (nSPS) is 15.5. The first kappa shape index (κ1) is 13.1. The zero-order valence-electron chi connectivity index (χ0n) is 10.4. The Balaban J connectivity index is 1.94. The monoisotopic (exact) mass is 267 g/mol. The summed E-state index contributed by atoms with van der Waals surface area (Å²) < 4.78 is 0. The lowest BCUT2D eigenvalue weighted by Crippen LogP contribution is -2.30. The Labute approximate surface area is 112 Å². The van der Waals surface area contributed by atoms with Crippen LogP contribution in [0.25, 0.3) is 0 Å². The summed E-state index contributed by atoms with van der Waals surface area (Å²) in [5.41, 5.74) is 0.728. The van der Waals surface area contributed by atoms with Gasteiger partial charge in [-0.1, -0.05) is 0 Å². The summed E-state index contributed by atoms with van der Waals surface area (Å²) in [6, 6.07) is 3.85. The van der Waals surface area contributed by atoms with Gasteiger partial charge in [0.05, 0.1) is 11.9 Å². The molecule has 0 saturated carbocycles. The molecule has 1 saturated heterocycles. The van der Waals surface area contributed by atoms with E-state index < -0.39 is 0 Å². The Morgan fingerprint density at radius 1 is 1.33 bits per heavy atom. The van der Waals surface area contributed by atoms with Crippen molar-refractivity contribution in [2.24, 2.45) is 0 Å². The maximum absolute atomic E-state index is 11.4. The zero-order chi connectivity index (χ0) is 12.8. The standard InChI is InChI=1S/C13H18ClN3O/c14-7-6-13(18)16-11-4-5-12(15-10-11)17-8-2-1-3-9-17/h4-5,10H,1-3,6-9H2,(H,16,18). The van der Waals surface area contributed by atoms with Gasteiger partial charge < -0.3 is 10.2 Å². The first-order chi connectivity index (χ1) is 8.79. The van der Waals surface area contributed by atoms with Crippen LogP contribution < -0.4 is 10.2 Å². The Morgan fingerprint density at radius 2 is 2.11 bits per heavy atom. The maximum atomic E-state index is 11.4. The number of piperidine rings is 1. The van der Waals surface area contributed by atoms with Crippen molar-refractivity contribution in [2.75, 3.05) is 29.2 Å². The summed E-state index contributed by atoms with van der Waals surface area (Å²) in [5.74, 6) is 1.26. The first-order valence-electron chi connectivity index (χ1n) is 6.36. The van der Waals surface area contributed by atoms with E-state index in [1.165, 1.54) is 19.3 Å². The number of hydrogen-bond donors (Lipinski definition) is 1. The van der Waals surface area contributed by atoms with Crippen LogP contribution in [0.3, 0.4) is 0 Å². The van der Waals surface area contributed by atoms with Crippen molar-refractivity contribution in [3.05, 3.63) is 18.3 Å². The SMILES string of the molecule is O=C(CCCl)Nc1ccc(N2CCCCC2)nc1. The maximum Gasteiger partial charge on any atom is 0.225 e. The van der Waals surface area contributed by atoms with Crippen molar-refractivity contribution in [2.45, 2.75) is 25.7 Å². The van der Waals surface area contributed by atoms with Crippen molar-refractivity contribution >= 4 is 29.0 Å². The van der Waals surface area contributed by atoms with Gasteiger partial charge in [0.1, 0.15) is 5.82 Å². The summed E-state index contributed by atoms with van der Waals surface area (Å²) in [6.07, 6.45) is 5.81. The van der Waals surface area contributed by atoms with Crippen LogP contribution in [0.5, 0.6) is 0 Å². The van der Waals surface area contributed by atoms with E-state index in [2.05, 4.69) is 15.2 Å². The minimum absolute atomic E-state index is 0.0717. The molecule has 0 radical (unpaired) electrons. The lowest BCUT2D eigenvalue weighted by molar-refractivity contribution is -0.115. The van der Waals surface area contributed by atoms with Gasteiger partial charge in [-0.2, -0.15) is 0 Å². The van der Waals surface area contributed by atoms with Gasteiger partial charge in [0, 0.05) is 25.4 Å². The average molecular weight is 268 g/mol. The molecule has 1 aromatic heterocycles. The van der Waals surface area contributed by atoms with Crippen molar-refractivity contribution in [3.63, 3.8) is 0 Å². The second-order valence-corrected chi connectivity index (χ2v) is 4.82. The molecule has 1 fully saturated rings. The number of halogens is 1. The number of anilines is 2. The fourth-order valence-electron chi connectivity index (χ4n) is 2.08. The molecule has 1 amide bonds. The number of alkyl halides is 1. The van der Waals surface area contributed by atoms with E-state index in [-0.39, 0.29) is 5.91 Å². The summed E-state index contributed by atoms with van der Waals surface area (Å²) in [7, 11) is 0. The predicted molar refractivity (Wildman–Crippen MR) is 74.3 cm³/mol. The van der Waals surface area contributed by atoms with Gasteiger partial charge in [-0.15, -0.1) is 11.6 Å². The van der Waals surface area contributed by atoms with E-state index >= 15 is 0 Å². The molecule has 98 valence electrons. The molecule has 0 spiro atoms. The van der Waals surface area contributed by atoms with Crippen LogP contribution in [0, 0.1) is 0 Å². The zero-order valence-corrected chi connectivity index (χ0v) is 11.1. The molecule has 4 nitrogen and oxygen atoms in total. The fourth-order valence-corrected chi connectivity index (χ4v) is 2.25. The Hall–Kier alpha value is -1.29. The lowest BCUT2D eigenvalue weighted by Gasteiger charge is -2.27. The van der Waals surface area contributed by atoms with Gasteiger partial charge in [-0.25, -0.2) is 4.98 Å². The van der Waals surface area contributed by atoms with E-state index in [1.54, 1.807) is 6.20 Å². The van der Waals surface area contributed by atoms with E-state index in [1.807, 2.05) is 12.1 Å². The molecule has 1 N–H and O–H groups in total. The van der Waals surface area contributed by atoms with Gasteiger partial charge in [-0.05, 0) is 31.4 Å². The van der Waals surface area contributed by atoms with Gasteiger partial charge in [0.25, 0.3) is 0 Å². The van der Waals surface area contributed by atoms with Crippen molar-refractivity contribution < 1.29 is 4.79 Å². The number of carbonyl (C=O) groups is 1. The molecular formula is C13H18ClN3O. The minimum atomic E-state index is -0.0717. The predicted octanol–water partition coefficient (Wildman–Crippen LogP) is 2.64. The third-order valence-corrected chi connectivity index (χ3v) is 3.22. The molecule has 2 rings (SSSR count). The minimum Gasteiger partial charge on any atom is -0.357 e. The van der Waals surface area contributed by atoms with Crippen LogP contribution in [-0.4, -0.2) is 29.9 Å². The number of amides is 1. The largest absolute Gasteiger partial charge is 0.357 e. The summed E-state index contributed by atoms with van der Waals surface area (Å²) in [5, 5.41) is 2.77. The molecule has 1 aliphatic heterocycles. The van der Waals surface area contributed by atoms with E-state index in [0.717, 1.165) is 24.6 Å². The van der Waals surface area contributed by atoms with Crippen molar-refractivity contribution in [1.82, 2.24) is 4.98 Å². The van der Waals surface area contributed by atoms with Crippen LogP contribution in [-0.2, 0) is 4.79 Å². The number of aromatic nitrogens is 1. The molecule has 2 heterocycles. The molecule has 18 heavy (non-hydrogen) atoms. The van der Waals surface area contributed by atoms with Crippen molar-refractivity contribution in [3.8, 4) is 0 Å². The molecule has 5 heteroatoms. The number of carbonyl (C=O) groups excluding carboxylic acids is 1. The number of rotatable bonds is 4. The Kier molecular flexibility index (Phi) is 4.81. The molecule has 0 bridgehead atoms. The number of nitrogens with zero attached hydrogens (tertiary/aromatic N) is 2. The first-order valence-corrected chi connectivity index (χ1v) is 6.90. The topological polar surface area (TPSA) is 45.2 Å². The fraction of sp³-hybridized carbons (Fsp3) is 0.538. The van der Waals surface area contributed by atoms with Gasteiger partial charge >= 0.3 is 0 Å². The molecule has 0 atom stereocenters. The molecule has 0 aliphatic carbocycles. The smallest absolute Gasteiger partial charge is 0.225 e. The lowest BCUT2D eigenvalue weighted by atomic mass is 10.1. The molecular weight excluding hydrogens is 250 g/mol.